The molecule has 8 nitrogen and oxygen atoms in total. The van der Waals surface area contributed by atoms with E-state index in [1.807, 2.05) is 30.5 Å². The van der Waals surface area contributed by atoms with Crippen LogP contribution in [0.5, 0.6) is 0 Å². The van der Waals surface area contributed by atoms with E-state index in [9.17, 15) is 10.1 Å². The maximum atomic E-state index is 12.2. The van der Waals surface area contributed by atoms with Gasteiger partial charge in [-0.1, -0.05) is 18.7 Å². The van der Waals surface area contributed by atoms with E-state index in [4.69, 9.17) is 0 Å². The Bertz CT molecular complexity index is 1460. The van der Waals surface area contributed by atoms with E-state index in [1.54, 1.807) is 15.4 Å². The van der Waals surface area contributed by atoms with Gasteiger partial charge in [0.05, 0.1) is 23.5 Å². The zero-order valence-electron chi connectivity index (χ0n) is 20.1. The molecule has 8 heteroatoms. The summed E-state index contributed by atoms with van der Waals surface area (Å²) < 4.78 is 3.53. The molecule has 0 saturated carbocycles. The second kappa shape index (κ2) is 8.76. The van der Waals surface area contributed by atoms with Crippen LogP contribution in [0.1, 0.15) is 19.4 Å². The van der Waals surface area contributed by atoms with Crippen LogP contribution in [0.4, 0.5) is 5.69 Å². The summed E-state index contributed by atoms with van der Waals surface area (Å²) in [5.41, 5.74) is 6.32. The molecule has 5 rings (SSSR count). The number of carbonyl (C=O) groups is 1. The van der Waals surface area contributed by atoms with Gasteiger partial charge in [0.15, 0.2) is 0 Å². The number of rotatable bonds is 4. The van der Waals surface area contributed by atoms with Gasteiger partial charge in [0.2, 0.25) is 5.91 Å². The Hall–Kier alpha value is -4.38. The number of carbonyl (C=O) groups excluding carboxylic acids is 1. The fourth-order valence-electron chi connectivity index (χ4n) is 4.89. The number of fused-ring (bicyclic) bond motifs is 1. The van der Waals surface area contributed by atoms with Crippen molar-refractivity contribution >= 4 is 17.1 Å². The molecule has 0 radical (unpaired) electrons. The van der Waals surface area contributed by atoms with Gasteiger partial charge in [-0.3, -0.25) is 9.48 Å². The summed E-state index contributed by atoms with van der Waals surface area (Å²) in [6, 6.07) is 13.0. The number of nitrogens with zero attached hydrogens (tertiary/aromatic N) is 7. The molecule has 2 atom stereocenters. The first-order valence-electron chi connectivity index (χ1n) is 11.6. The van der Waals surface area contributed by atoms with Gasteiger partial charge >= 0.3 is 0 Å². The van der Waals surface area contributed by atoms with Crippen LogP contribution in [0.3, 0.4) is 0 Å². The van der Waals surface area contributed by atoms with E-state index in [1.165, 1.54) is 6.08 Å². The highest BCUT2D eigenvalue weighted by molar-refractivity contribution is 5.88. The van der Waals surface area contributed by atoms with Crippen LogP contribution in [0.2, 0.25) is 0 Å². The highest BCUT2D eigenvalue weighted by Crippen LogP contribution is 2.33. The zero-order chi connectivity index (χ0) is 24.7. The summed E-state index contributed by atoms with van der Waals surface area (Å²) in [6.45, 7) is 9.24. The number of aryl methyl sites for hydroxylation is 1. The van der Waals surface area contributed by atoms with Crippen LogP contribution in [-0.2, 0) is 11.8 Å². The second-order valence-corrected chi connectivity index (χ2v) is 9.10. The maximum absolute atomic E-state index is 12.2. The quantitative estimate of drug-likeness (QED) is 0.427. The zero-order valence-corrected chi connectivity index (χ0v) is 20.1. The predicted molar refractivity (Wildman–Crippen MR) is 136 cm³/mol. The van der Waals surface area contributed by atoms with Gasteiger partial charge in [0.25, 0.3) is 0 Å². The van der Waals surface area contributed by atoms with Crippen molar-refractivity contribution in [1.82, 2.24) is 24.3 Å². The van der Waals surface area contributed by atoms with Crippen molar-refractivity contribution in [3.05, 3.63) is 73.3 Å². The number of hydrogen-bond acceptors (Lipinski definition) is 5. The topological polar surface area (TPSA) is 82.5 Å². The van der Waals surface area contributed by atoms with Gasteiger partial charge in [-0.25, -0.2) is 4.52 Å². The van der Waals surface area contributed by atoms with Crippen LogP contribution >= 0.6 is 0 Å². The number of hydrogen-bond donors (Lipinski definition) is 0. The lowest BCUT2D eigenvalue weighted by Gasteiger charge is -2.45. The van der Waals surface area contributed by atoms with Crippen molar-refractivity contribution in [3.8, 4) is 28.3 Å². The average Bonchev–Trinajstić information content (AvgIpc) is 3.50. The van der Waals surface area contributed by atoms with E-state index in [-0.39, 0.29) is 18.0 Å². The minimum Gasteiger partial charge on any atom is -0.365 e. The third kappa shape index (κ3) is 3.95. The van der Waals surface area contributed by atoms with Crippen molar-refractivity contribution in [2.45, 2.75) is 25.9 Å². The number of piperazine rings is 1. The van der Waals surface area contributed by atoms with E-state index in [0.29, 0.717) is 12.1 Å². The maximum Gasteiger partial charge on any atom is 0.246 e. The fraction of sp³-hybridized carbons (Fsp3) is 0.259. The molecule has 0 bridgehead atoms. The first kappa shape index (κ1) is 22.4. The smallest absolute Gasteiger partial charge is 0.246 e. The third-order valence-corrected chi connectivity index (χ3v) is 6.72. The van der Waals surface area contributed by atoms with Crippen molar-refractivity contribution in [3.63, 3.8) is 0 Å². The van der Waals surface area contributed by atoms with Gasteiger partial charge in [0.1, 0.15) is 6.07 Å². The van der Waals surface area contributed by atoms with Gasteiger partial charge in [-0.05, 0) is 43.7 Å². The highest BCUT2D eigenvalue weighted by Gasteiger charge is 2.31. The van der Waals surface area contributed by atoms with Crippen LogP contribution in [0.15, 0.2) is 67.8 Å². The lowest BCUT2D eigenvalue weighted by molar-refractivity contribution is -0.128. The summed E-state index contributed by atoms with van der Waals surface area (Å²) >= 11 is 0. The number of anilines is 1. The van der Waals surface area contributed by atoms with E-state index >= 15 is 0 Å². The first-order valence-corrected chi connectivity index (χ1v) is 11.6. The SMILES string of the molecule is C=CC(=O)N1C[C@@H](C)N(c2ccc(-c3cc(-c4cnn(C)c4)cn4ncc(C#N)c34)cc2)C[C@@H]1C. The van der Waals surface area contributed by atoms with Crippen molar-refractivity contribution < 1.29 is 4.79 Å². The molecule has 1 amide bonds. The number of benzene rings is 1. The lowest BCUT2D eigenvalue weighted by Crippen LogP contribution is -2.58. The largest absolute Gasteiger partial charge is 0.365 e. The molecule has 4 heterocycles. The van der Waals surface area contributed by atoms with Gasteiger partial charge in [-0.2, -0.15) is 15.5 Å². The minimum absolute atomic E-state index is 0.0223. The van der Waals surface area contributed by atoms with Crippen LogP contribution in [-0.4, -0.2) is 55.4 Å². The molecule has 1 saturated heterocycles. The highest BCUT2D eigenvalue weighted by atomic mass is 16.2. The summed E-state index contributed by atoms with van der Waals surface area (Å²) in [5.74, 6) is -0.0223. The van der Waals surface area contributed by atoms with Gasteiger partial charge in [-0.15, -0.1) is 0 Å². The number of pyridine rings is 1. The molecule has 0 unspecified atom stereocenters. The van der Waals surface area contributed by atoms with Crippen LogP contribution in [0.25, 0.3) is 27.8 Å². The van der Waals surface area contributed by atoms with Crippen LogP contribution in [0, 0.1) is 11.3 Å². The van der Waals surface area contributed by atoms with Gasteiger partial charge in [0, 0.05) is 67.0 Å². The molecule has 176 valence electrons. The third-order valence-electron chi connectivity index (χ3n) is 6.72. The van der Waals surface area contributed by atoms with E-state index < -0.39 is 0 Å². The molecule has 4 aromatic rings. The fourth-order valence-corrected chi connectivity index (χ4v) is 4.89. The molecule has 0 spiro atoms. The Kier molecular flexibility index (Phi) is 5.61. The summed E-state index contributed by atoms with van der Waals surface area (Å²) in [6.07, 6.45) is 8.70. The molecule has 1 aliphatic heterocycles. The molecule has 0 aliphatic carbocycles. The Morgan fingerprint density at radius 1 is 1.06 bits per heavy atom. The Balaban J connectivity index is 1.52. The number of amides is 1. The standard InChI is InChI=1S/C27H27N7O/c1-5-26(35)33-15-18(2)32(14-19(33)3)24-8-6-20(7-9-24)25-10-21(23-13-29-31(4)16-23)17-34-27(25)22(11-28)12-30-34/h5-10,12-13,16-19H,1,14-15H2,2-4H3/t18-,19+/m1/s1. The molecular formula is C27H27N7O. The molecule has 1 fully saturated rings. The predicted octanol–water partition coefficient (Wildman–Crippen LogP) is 3.89. The van der Waals surface area contributed by atoms with Crippen molar-refractivity contribution in [2.24, 2.45) is 7.05 Å². The molecule has 3 aromatic heterocycles. The molecule has 0 N–H and O–H groups in total. The van der Waals surface area contributed by atoms with E-state index in [2.05, 4.69) is 71.9 Å². The second-order valence-electron chi connectivity index (χ2n) is 9.10. The first-order chi connectivity index (χ1) is 16.9. The Morgan fingerprint density at radius 3 is 2.49 bits per heavy atom. The van der Waals surface area contributed by atoms with Gasteiger partial charge < -0.3 is 9.80 Å². The summed E-state index contributed by atoms with van der Waals surface area (Å²) in [4.78, 5) is 16.4. The molecule has 1 aromatic carbocycles. The molecular weight excluding hydrogens is 438 g/mol. The van der Waals surface area contributed by atoms with Crippen molar-refractivity contribution in [1.29, 1.82) is 5.26 Å². The normalized spacial score (nSPS) is 18.0. The summed E-state index contributed by atoms with van der Waals surface area (Å²) in [7, 11) is 1.89. The Labute approximate surface area is 204 Å². The number of nitriles is 1. The Morgan fingerprint density at radius 2 is 1.83 bits per heavy atom. The number of aromatic nitrogens is 4. The minimum atomic E-state index is -0.0223. The average molecular weight is 466 g/mol. The molecule has 35 heavy (non-hydrogen) atoms. The molecule has 1 aliphatic rings. The van der Waals surface area contributed by atoms with Crippen molar-refractivity contribution in [2.75, 3.05) is 18.0 Å². The van der Waals surface area contributed by atoms with Crippen LogP contribution < -0.4 is 4.90 Å². The lowest BCUT2D eigenvalue weighted by atomic mass is 9.99. The monoisotopic (exact) mass is 465 g/mol. The van der Waals surface area contributed by atoms with E-state index in [0.717, 1.165) is 40.0 Å². The summed E-state index contributed by atoms with van der Waals surface area (Å²) in [5, 5.41) is 18.4.